The van der Waals surface area contributed by atoms with E-state index in [1.165, 1.54) is 0 Å². The van der Waals surface area contributed by atoms with E-state index in [9.17, 15) is 14.4 Å². The van der Waals surface area contributed by atoms with Crippen molar-refractivity contribution in [2.24, 2.45) is 0 Å². The Labute approximate surface area is 182 Å². The number of nitrogens with one attached hydrogen (secondary N) is 2. The highest BCUT2D eigenvalue weighted by molar-refractivity contribution is 5.95. The molecule has 7 nitrogen and oxygen atoms in total. The van der Waals surface area contributed by atoms with E-state index < -0.39 is 0 Å². The standard InChI is InChI=1S/C24H29N3O4/c1-17-15-27(16-18(2)31-17)24(30)21-10-8-19(9-11-21)14-26-22(28)12-13-25-23(29)20-6-4-3-5-7-20/h3-11,17-18H,12-16H2,1-2H3,(H,25,29)(H,26,28). The first-order valence-electron chi connectivity index (χ1n) is 10.6. The van der Waals surface area contributed by atoms with Crippen molar-refractivity contribution in [2.75, 3.05) is 19.6 Å². The predicted octanol–water partition coefficient (Wildman–Crippen LogP) is 2.37. The molecule has 0 aliphatic carbocycles. The predicted molar refractivity (Wildman–Crippen MR) is 118 cm³/mol. The van der Waals surface area contributed by atoms with Crippen molar-refractivity contribution in [3.05, 3.63) is 71.3 Å². The quantitative estimate of drug-likeness (QED) is 0.716. The summed E-state index contributed by atoms with van der Waals surface area (Å²) in [4.78, 5) is 38.5. The van der Waals surface area contributed by atoms with Crippen LogP contribution < -0.4 is 10.6 Å². The average Bonchev–Trinajstić information content (AvgIpc) is 2.77. The molecule has 1 heterocycles. The molecular formula is C24H29N3O4. The van der Waals surface area contributed by atoms with Crippen LogP contribution in [0.3, 0.4) is 0 Å². The number of benzene rings is 2. The van der Waals surface area contributed by atoms with E-state index in [4.69, 9.17) is 4.74 Å². The number of amides is 3. The Morgan fingerprint density at radius 3 is 2.19 bits per heavy atom. The molecule has 2 N–H and O–H groups in total. The van der Waals surface area contributed by atoms with Gasteiger partial charge in [0.25, 0.3) is 11.8 Å². The van der Waals surface area contributed by atoms with Crippen LogP contribution in [-0.4, -0.2) is 54.5 Å². The van der Waals surface area contributed by atoms with Gasteiger partial charge in [-0.15, -0.1) is 0 Å². The van der Waals surface area contributed by atoms with Crippen LogP contribution in [0, 0.1) is 0 Å². The van der Waals surface area contributed by atoms with E-state index in [0.29, 0.717) is 30.8 Å². The number of carbonyl (C=O) groups is 3. The van der Waals surface area contributed by atoms with Gasteiger partial charge in [0.05, 0.1) is 12.2 Å². The number of carbonyl (C=O) groups excluding carboxylic acids is 3. The zero-order chi connectivity index (χ0) is 22.2. The van der Waals surface area contributed by atoms with Crippen LogP contribution in [0.2, 0.25) is 0 Å². The van der Waals surface area contributed by atoms with Gasteiger partial charge in [0.15, 0.2) is 0 Å². The number of rotatable bonds is 7. The summed E-state index contributed by atoms with van der Waals surface area (Å²) < 4.78 is 5.68. The second-order valence-corrected chi connectivity index (χ2v) is 7.81. The van der Waals surface area contributed by atoms with Crippen molar-refractivity contribution >= 4 is 17.7 Å². The van der Waals surface area contributed by atoms with Crippen LogP contribution in [0.25, 0.3) is 0 Å². The van der Waals surface area contributed by atoms with E-state index in [1.807, 2.05) is 36.9 Å². The van der Waals surface area contributed by atoms with Crippen LogP contribution in [0.5, 0.6) is 0 Å². The minimum atomic E-state index is -0.197. The second kappa shape index (κ2) is 10.7. The molecule has 2 unspecified atom stereocenters. The minimum absolute atomic E-state index is 0.00765. The SMILES string of the molecule is CC1CN(C(=O)c2ccc(CNC(=O)CCNC(=O)c3ccccc3)cc2)CC(C)O1. The Morgan fingerprint density at radius 2 is 1.55 bits per heavy atom. The molecule has 2 atom stereocenters. The summed E-state index contributed by atoms with van der Waals surface area (Å²) in [7, 11) is 0. The van der Waals surface area contributed by atoms with Crippen molar-refractivity contribution < 1.29 is 19.1 Å². The summed E-state index contributed by atoms with van der Waals surface area (Å²) in [5.74, 6) is -0.353. The topological polar surface area (TPSA) is 87.7 Å². The van der Waals surface area contributed by atoms with Crippen molar-refractivity contribution in [3.8, 4) is 0 Å². The van der Waals surface area contributed by atoms with E-state index >= 15 is 0 Å². The van der Waals surface area contributed by atoms with Gasteiger partial charge in [0.2, 0.25) is 5.91 Å². The molecule has 1 saturated heterocycles. The molecule has 164 valence electrons. The third kappa shape index (κ3) is 6.65. The Hall–Kier alpha value is -3.19. The highest BCUT2D eigenvalue weighted by Crippen LogP contribution is 2.15. The Kier molecular flexibility index (Phi) is 7.78. The molecule has 2 aromatic rings. The Balaban J connectivity index is 1.41. The summed E-state index contributed by atoms with van der Waals surface area (Å²) in [5, 5.41) is 5.57. The zero-order valence-corrected chi connectivity index (χ0v) is 18.0. The van der Waals surface area contributed by atoms with Crippen LogP contribution in [0.15, 0.2) is 54.6 Å². The van der Waals surface area contributed by atoms with E-state index in [2.05, 4.69) is 10.6 Å². The number of hydrogen-bond donors (Lipinski definition) is 2. The Morgan fingerprint density at radius 1 is 0.903 bits per heavy atom. The van der Waals surface area contributed by atoms with E-state index in [1.54, 1.807) is 36.4 Å². The fourth-order valence-corrected chi connectivity index (χ4v) is 3.56. The third-order valence-corrected chi connectivity index (χ3v) is 5.07. The van der Waals surface area contributed by atoms with Crippen molar-refractivity contribution in [1.82, 2.24) is 15.5 Å². The second-order valence-electron chi connectivity index (χ2n) is 7.81. The summed E-state index contributed by atoms with van der Waals surface area (Å²) in [6, 6.07) is 16.1. The molecule has 0 radical (unpaired) electrons. The number of morpholine rings is 1. The summed E-state index contributed by atoms with van der Waals surface area (Å²) in [5.41, 5.74) is 2.10. The van der Waals surface area contributed by atoms with Gasteiger partial charge in [0.1, 0.15) is 0 Å². The summed E-state index contributed by atoms with van der Waals surface area (Å²) >= 11 is 0. The maximum Gasteiger partial charge on any atom is 0.254 e. The number of ether oxygens (including phenoxy) is 1. The zero-order valence-electron chi connectivity index (χ0n) is 18.0. The first kappa shape index (κ1) is 22.5. The monoisotopic (exact) mass is 423 g/mol. The number of nitrogens with zero attached hydrogens (tertiary/aromatic N) is 1. The largest absolute Gasteiger partial charge is 0.372 e. The van der Waals surface area contributed by atoms with Gasteiger partial charge in [-0.2, -0.15) is 0 Å². The maximum atomic E-state index is 12.7. The molecule has 1 aliphatic rings. The lowest BCUT2D eigenvalue weighted by molar-refractivity contribution is -0.121. The van der Waals surface area contributed by atoms with E-state index in [-0.39, 0.29) is 42.9 Å². The molecule has 0 aromatic heterocycles. The molecule has 31 heavy (non-hydrogen) atoms. The van der Waals surface area contributed by atoms with Crippen LogP contribution in [-0.2, 0) is 16.1 Å². The Bertz CT molecular complexity index is 889. The highest BCUT2D eigenvalue weighted by atomic mass is 16.5. The van der Waals surface area contributed by atoms with Crippen LogP contribution in [0.1, 0.15) is 46.5 Å². The first-order valence-corrected chi connectivity index (χ1v) is 10.6. The first-order chi connectivity index (χ1) is 14.9. The molecule has 1 fully saturated rings. The van der Waals surface area contributed by atoms with Crippen molar-refractivity contribution in [1.29, 1.82) is 0 Å². The molecule has 1 aliphatic heterocycles. The van der Waals surface area contributed by atoms with Crippen molar-refractivity contribution in [2.45, 2.75) is 39.0 Å². The molecule has 2 aromatic carbocycles. The van der Waals surface area contributed by atoms with Gasteiger partial charge in [-0.25, -0.2) is 0 Å². The molecular weight excluding hydrogens is 394 g/mol. The maximum absolute atomic E-state index is 12.7. The molecule has 3 rings (SSSR count). The number of hydrogen-bond acceptors (Lipinski definition) is 4. The smallest absolute Gasteiger partial charge is 0.254 e. The van der Waals surface area contributed by atoms with Crippen LogP contribution >= 0.6 is 0 Å². The lowest BCUT2D eigenvalue weighted by Gasteiger charge is -2.35. The third-order valence-electron chi connectivity index (χ3n) is 5.07. The van der Waals surface area contributed by atoms with Gasteiger partial charge >= 0.3 is 0 Å². The molecule has 7 heteroatoms. The van der Waals surface area contributed by atoms with Gasteiger partial charge in [-0.3, -0.25) is 14.4 Å². The van der Waals surface area contributed by atoms with Gasteiger partial charge in [-0.1, -0.05) is 30.3 Å². The van der Waals surface area contributed by atoms with Crippen LogP contribution in [0.4, 0.5) is 0 Å². The minimum Gasteiger partial charge on any atom is -0.372 e. The van der Waals surface area contributed by atoms with Gasteiger partial charge in [-0.05, 0) is 43.7 Å². The van der Waals surface area contributed by atoms with Crippen molar-refractivity contribution in [3.63, 3.8) is 0 Å². The fraction of sp³-hybridized carbons (Fsp3) is 0.375. The van der Waals surface area contributed by atoms with Gasteiger partial charge < -0.3 is 20.3 Å². The summed E-state index contributed by atoms with van der Waals surface area (Å²) in [6.45, 7) is 5.74. The van der Waals surface area contributed by atoms with E-state index in [0.717, 1.165) is 5.56 Å². The molecule has 3 amide bonds. The highest BCUT2D eigenvalue weighted by Gasteiger charge is 2.26. The fourth-order valence-electron chi connectivity index (χ4n) is 3.56. The summed E-state index contributed by atoms with van der Waals surface area (Å²) in [6.07, 6.45) is 0.252. The lowest BCUT2D eigenvalue weighted by Crippen LogP contribution is -2.48. The molecule has 0 bridgehead atoms. The molecule has 0 spiro atoms. The van der Waals surface area contributed by atoms with Gasteiger partial charge in [0, 0.05) is 43.7 Å². The normalized spacial score (nSPS) is 18.3. The average molecular weight is 424 g/mol. The molecule has 0 saturated carbocycles. The lowest BCUT2D eigenvalue weighted by atomic mass is 10.1.